The highest BCUT2D eigenvalue weighted by atomic mass is 32.1. The minimum Gasteiger partial charge on any atom is -0.352 e. The molecule has 1 amide bonds. The number of hydrogen-bond acceptors (Lipinski definition) is 3. The molecule has 8 heteroatoms. The van der Waals surface area contributed by atoms with Crippen molar-refractivity contribution in [2.75, 3.05) is 11.9 Å². The first-order valence-electron chi connectivity index (χ1n) is 11.8. The number of halogens is 1. The van der Waals surface area contributed by atoms with Crippen LogP contribution in [0.25, 0.3) is 5.69 Å². The van der Waals surface area contributed by atoms with Gasteiger partial charge < -0.3 is 20.1 Å². The normalized spacial score (nSPS) is 17.2. The molecule has 0 aliphatic carbocycles. The Kier molecular flexibility index (Phi) is 6.77. The Labute approximate surface area is 214 Å². The zero-order valence-corrected chi connectivity index (χ0v) is 20.6. The number of aromatic nitrogens is 2. The van der Waals surface area contributed by atoms with E-state index in [0.717, 1.165) is 22.6 Å². The standard InChI is InChI=1S/C28H26FN5OS/c1-19-8-6-9-20(18-19)33-16-7-13-24(33)27-26(23-12-4-5-15-30-23)32-28(36)34(27)17-14-25(35)31-22-11-3-2-10-21(22)29/h2-13,15-16,18,26-27H,14,17H2,1H3,(H,31,35)(H,32,36)/t26-,27+/m1/s1. The van der Waals surface area contributed by atoms with Gasteiger partial charge >= 0.3 is 0 Å². The van der Waals surface area contributed by atoms with E-state index in [2.05, 4.69) is 51.4 Å². The van der Waals surface area contributed by atoms with Gasteiger partial charge in [-0.05, 0) is 73.2 Å². The van der Waals surface area contributed by atoms with Gasteiger partial charge in [0.25, 0.3) is 0 Å². The highest BCUT2D eigenvalue weighted by molar-refractivity contribution is 7.80. The molecule has 2 aromatic heterocycles. The predicted octanol–water partition coefficient (Wildman–Crippen LogP) is 5.32. The molecule has 2 N–H and O–H groups in total. The Balaban J connectivity index is 1.45. The van der Waals surface area contributed by atoms with Crippen molar-refractivity contribution < 1.29 is 9.18 Å². The first-order valence-corrected chi connectivity index (χ1v) is 12.2. The van der Waals surface area contributed by atoms with Crippen molar-refractivity contribution in [2.45, 2.75) is 25.4 Å². The first-order chi connectivity index (χ1) is 17.5. The molecule has 0 saturated carbocycles. The lowest BCUT2D eigenvalue weighted by atomic mass is 10.0. The lowest BCUT2D eigenvalue weighted by Gasteiger charge is -2.29. The summed E-state index contributed by atoms with van der Waals surface area (Å²) in [5.41, 5.74) is 4.26. The molecule has 1 fully saturated rings. The topological polar surface area (TPSA) is 62.2 Å². The van der Waals surface area contributed by atoms with E-state index in [4.69, 9.17) is 12.2 Å². The summed E-state index contributed by atoms with van der Waals surface area (Å²) in [6.07, 6.45) is 3.94. The van der Waals surface area contributed by atoms with Crippen molar-refractivity contribution in [1.29, 1.82) is 0 Å². The second kappa shape index (κ2) is 10.3. The third kappa shape index (κ3) is 4.85. The van der Waals surface area contributed by atoms with Gasteiger partial charge in [0.15, 0.2) is 5.11 Å². The Morgan fingerprint density at radius 1 is 1.08 bits per heavy atom. The zero-order valence-electron chi connectivity index (χ0n) is 19.8. The number of thiocarbonyl (C=S) groups is 1. The fraction of sp³-hybridized carbons (Fsp3) is 0.179. The van der Waals surface area contributed by atoms with Gasteiger partial charge in [-0.3, -0.25) is 9.78 Å². The van der Waals surface area contributed by atoms with Crippen LogP contribution in [0.1, 0.15) is 35.5 Å². The van der Waals surface area contributed by atoms with E-state index < -0.39 is 5.82 Å². The number of nitrogens with one attached hydrogen (secondary N) is 2. The third-order valence-corrected chi connectivity index (χ3v) is 6.64. The van der Waals surface area contributed by atoms with Gasteiger partial charge in [0, 0.05) is 36.7 Å². The Hall–Kier alpha value is -4.04. The number of aryl methyl sites for hydroxylation is 1. The van der Waals surface area contributed by atoms with Crippen LogP contribution in [0.4, 0.5) is 10.1 Å². The maximum absolute atomic E-state index is 14.0. The molecule has 4 aromatic rings. The second-order valence-corrected chi connectivity index (χ2v) is 9.13. The smallest absolute Gasteiger partial charge is 0.226 e. The monoisotopic (exact) mass is 499 g/mol. The fourth-order valence-corrected chi connectivity index (χ4v) is 4.95. The summed E-state index contributed by atoms with van der Waals surface area (Å²) in [7, 11) is 0. The van der Waals surface area contributed by atoms with Crippen molar-refractivity contribution in [1.82, 2.24) is 19.8 Å². The van der Waals surface area contributed by atoms with E-state index in [1.54, 1.807) is 24.4 Å². The highest BCUT2D eigenvalue weighted by Crippen LogP contribution is 2.39. The molecule has 6 nitrogen and oxygen atoms in total. The van der Waals surface area contributed by atoms with Gasteiger partial charge in [-0.15, -0.1) is 0 Å². The molecule has 1 saturated heterocycles. The maximum atomic E-state index is 14.0. The van der Waals surface area contributed by atoms with E-state index in [1.165, 1.54) is 6.07 Å². The van der Waals surface area contributed by atoms with E-state index in [0.29, 0.717) is 11.7 Å². The van der Waals surface area contributed by atoms with E-state index in [-0.39, 0.29) is 30.1 Å². The number of hydrogen-bond donors (Lipinski definition) is 2. The van der Waals surface area contributed by atoms with Crippen molar-refractivity contribution >= 4 is 28.9 Å². The molecule has 0 bridgehead atoms. The summed E-state index contributed by atoms with van der Waals surface area (Å²) >= 11 is 5.74. The number of anilines is 1. The summed E-state index contributed by atoms with van der Waals surface area (Å²) in [4.78, 5) is 19.3. The fourth-order valence-electron chi connectivity index (χ4n) is 4.61. The molecule has 0 spiro atoms. The predicted molar refractivity (Wildman–Crippen MR) is 142 cm³/mol. The molecule has 1 aliphatic heterocycles. The zero-order chi connectivity index (χ0) is 25.1. The average molecular weight is 500 g/mol. The molecule has 2 atom stereocenters. The number of pyridine rings is 1. The molecular weight excluding hydrogens is 473 g/mol. The van der Waals surface area contributed by atoms with Crippen LogP contribution in [-0.4, -0.2) is 32.0 Å². The van der Waals surface area contributed by atoms with E-state index in [1.807, 2.05) is 41.4 Å². The summed E-state index contributed by atoms with van der Waals surface area (Å²) in [5.74, 6) is -0.745. The molecule has 1 aliphatic rings. The number of para-hydroxylation sites is 1. The summed E-state index contributed by atoms with van der Waals surface area (Å²) < 4.78 is 16.2. The molecule has 36 heavy (non-hydrogen) atoms. The van der Waals surface area contributed by atoms with Gasteiger partial charge in [-0.1, -0.05) is 30.3 Å². The van der Waals surface area contributed by atoms with Crippen molar-refractivity contribution in [3.8, 4) is 5.69 Å². The SMILES string of the molecule is Cc1cccc(-n2cccc2[C@H]2[C@@H](c3ccccn3)NC(=S)N2CCC(=O)Nc2ccccc2F)c1. The summed E-state index contributed by atoms with van der Waals surface area (Å²) in [5, 5.41) is 6.63. The highest BCUT2D eigenvalue weighted by Gasteiger charge is 2.41. The molecule has 0 unspecified atom stereocenters. The van der Waals surface area contributed by atoms with Crippen LogP contribution >= 0.6 is 12.2 Å². The average Bonchev–Trinajstić information content (AvgIpc) is 3.49. The van der Waals surface area contributed by atoms with Gasteiger partial charge in [0.05, 0.1) is 23.5 Å². The van der Waals surface area contributed by atoms with Crippen LogP contribution < -0.4 is 10.6 Å². The third-order valence-electron chi connectivity index (χ3n) is 6.29. The molecule has 2 aromatic carbocycles. The van der Waals surface area contributed by atoms with Crippen LogP contribution in [-0.2, 0) is 4.79 Å². The first kappa shape index (κ1) is 23.7. The second-order valence-electron chi connectivity index (χ2n) is 8.74. The number of nitrogens with zero attached hydrogens (tertiary/aromatic N) is 3. The Morgan fingerprint density at radius 3 is 2.69 bits per heavy atom. The number of carbonyl (C=O) groups is 1. The summed E-state index contributed by atoms with van der Waals surface area (Å²) in [6, 6.07) is 23.9. The summed E-state index contributed by atoms with van der Waals surface area (Å²) in [6.45, 7) is 2.43. The van der Waals surface area contributed by atoms with E-state index in [9.17, 15) is 9.18 Å². The minimum absolute atomic E-state index is 0.146. The molecule has 3 heterocycles. The molecule has 182 valence electrons. The number of rotatable bonds is 7. The van der Waals surface area contributed by atoms with Gasteiger partial charge in [0.2, 0.25) is 5.91 Å². The lowest BCUT2D eigenvalue weighted by molar-refractivity contribution is -0.116. The van der Waals surface area contributed by atoms with Crippen molar-refractivity contribution in [3.05, 3.63) is 114 Å². The quantitative estimate of drug-likeness (QED) is 0.337. The van der Waals surface area contributed by atoms with Gasteiger partial charge in [-0.2, -0.15) is 0 Å². The molecule has 5 rings (SSSR count). The van der Waals surface area contributed by atoms with Gasteiger partial charge in [0.1, 0.15) is 5.82 Å². The van der Waals surface area contributed by atoms with Crippen LogP contribution in [0.5, 0.6) is 0 Å². The van der Waals surface area contributed by atoms with Gasteiger partial charge in [-0.25, -0.2) is 4.39 Å². The largest absolute Gasteiger partial charge is 0.352 e. The van der Waals surface area contributed by atoms with Crippen LogP contribution in [0.2, 0.25) is 0 Å². The maximum Gasteiger partial charge on any atom is 0.226 e. The van der Waals surface area contributed by atoms with Crippen molar-refractivity contribution in [3.63, 3.8) is 0 Å². The van der Waals surface area contributed by atoms with E-state index >= 15 is 0 Å². The van der Waals surface area contributed by atoms with Crippen LogP contribution in [0, 0.1) is 12.7 Å². The number of benzene rings is 2. The van der Waals surface area contributed by atoms with Crippen LogP contribution in [0.15, 0.2) is 91.3 Å². The van der Waals surface area contributed by atoms with Crippen LogP contribution in [0.3, 0.4) is 0 Å². The lowest BCUT2D eigenvalue weighted by Crippen LogP contribution is -2.33. The number of amides is 1. The van der Waals surface area contributed by atoms with Crippen molar-refractivity contribution in [2.24, 2.45) is 0 Å². The Bertz CT molecular complexity index is 1390. The number of carbonyl (C=O) groups excluding carboxylic acids is 1. The Morgan fingerprint density at radius 2 is 1.92 bits per heavy atom. The minimum atomic E-state index is -0.465. The molecule has 0 radical (unpaired) electrons. The molecular formula is C28H26FN5OS.